The molecule has 1 saturated heterocycles. The molecule has 1 aliphatic rings. The number of hydrogen-bond acceptors (Lipinski definition) is 3. The van der Waals surface area contributed by atoms with Crippen molar-refractivity contribution in [1.29, 1.82) is 0 Å². The maximum atomic E-state index is 14.7. The summed E-state index contributed by atoms with van der Waals surface area (Å²) in [4.78, 5) is 24.7. The number of nitrogens with zero attached hydrogens (tertiary/aromatic N) is 1. The van der Waals surface area contributed by atoms with Crippen LogP contribution < -0.4 is 9.64 Å². The fourth-order valence-electron chi connectivity index (χ4n) is 3.57. The summed E-state index contributed by atoms with van der Waals surface area (Å²) in [6, 6.07) is 14.0. The van der Waals surface area contributed by atoms with Crippen molar-refractivity contribution in [3.8, 4) is 5.75 Å². The standard InChI is InChI=1S/C23H26FNO4/c1-23(2,3)16-7-9-17(10-8-16)25-20(19(24)13-21(25)26)12-15-5-4-6-18(11-15)29-14-22(27)28/h4-11,19-20H,12-14H2,1-3H3,(H,27,28). The Morgan fingerprint density at radius 3 is 2.52 bits per heavy atom. The van der Waals surface area contributed by atoms with Crippen LogP contribution in [0.3, 0.4) is 0 Å². The van der Waals surface area contributed by atoms with E-state index in [0.717, 1.165) is 11.1 Å². The zero-order valence-corrected chi connectivity index (χ0v) is 16.9. The van der Waals surface area contributed by atoms with Crippen LogP contribution >= 0.6 is 0 Å². The Bertz CT molecular complexity index is 888. The Balaban J connectivity index is 1.81. The third-order valence-electron chi connectivity index (χ3n) is 5.10. The molecule has 0 aliphatic carbocycles. The average molecular weight is 399 g/mol. The highest BCUT2D eigenvalue weighted by Crippen LogP contribution is 2.33. The van der Waals surface area contributed by atoms with E-state index in [1.54, 1.807) is 23.1 Å². The lowest BCUT2D eigenvalue weighted by Crippen LogP contribution is -2.37. The smallest absolute Gasteiger partial charge is 0.341 e. The van der Waals surface area contributed by atoms with E-state index in [4.69, 9.17) is 9.84 Å². The van der Waals surface area contributed by atoms with Gasteiger partial charge in [0.15, 0.2) is 6.61 Å². The number of carboxylic acid groups (broad SMARTS) is 1. The van der Waals surface area contributed by atoms with E-state index >= 15 is 0 Å². The molecule has 0 spiro atoms. The normalized spacial score (nSPS) is 19.4. The Hall–Kier alpha value is -2.89. The molecule has 0 aromatic heterocycles. The fourth-order valence-corrected chi connectivity index (χ4v) is 3.57. The van der Waals surface area contributed by atoms with Gasteiger partial charge >= 0.3 is 5.97 Å². The molecule has 0 radical (unpaired) electrons. The second kappa shape index (κ2) is 8.23. The minimum Gasteiger partial charge on any atom is -0.482 e. The van der Waals surface area contributed by atoms with Gasteiger partial charge in [0.25, 0.3) is 0 Å². The first kappa shape index (κ1) is 20.8. The summed E-state index contributed by atoms with van der Waals surface area (Å²) >= 11 is 0. The fraction of sp³-hybridized carbons (Fsp3) is 0.391. The number of carbonyl (C=O) groups excluding carboxylic acids is 1. The van der Waals surface area contributed by atoms with Crippen molar-refractivity contribution in [2.24, 2.45) is 0 Å². The van der Waals surface area contributed by atoms with Gasteiger partial charge in [0.05, 0.1) is 12.5 Å². The largest absolute Gasteiger partial charge is 0.482 e. The number of alkyl halides is 1. The first-order valence-electron chi connectivity index (χ1n) is 9.65. The van der Waals surface area contributed by atoms with Gasteiger partial charge < -0.3 is 14.7 Å². The van der Waals surface area contributed by atoms with Crippen molar-refractivity contribution in [3.05, 3.63) is 59.7 Å². The zero-order valence-electron chi connectivity index (χ0n) is 16.9. The van der Waals surface area contributed by atoms with Gasteiger partial charge in [0.1, 0.15) is 11.9 Å². The predicted octanol–water partition coefficient (Wildman–Crippen LogP) is 4.13. The highest BCUT2D eigenvalue weighted by atomic mass is 19.1. The zero-order chi connectivity index (χ0) is 21.2. The number of halogens is 1. The molecule has 2 aromatic carbocycles. The maximum absolute atomic E-state index is 14.7. The number of benzene rings is 2. The molecular formula is C23H26FNO4. The van der Waals surface area contributed by atoms with Crippen LogP contribution in [-0.2, 0) is 21.4 Å². The lowest BCUT2D eigenvalue weighted by atomic mass is 9.87. The molecule has 1 heterocycles. The molecule has 29 heavy (non-hydrogen) atoms. The lowest BCUT2D eigenvalue weighted by molar-refractivity contribution is -0.139. The van der Waals surface area contributed by atoms with Gasteiger partial charge in [-0.3, -0.25) is 4.79 Å². The molecule has 1 amide bonds. The molecule has 3 rings (SSSR count). The number of rotatable bonds is 6. The van der Waals surface area contributed by atoms with Crippen molar-refractivity contribution in [1.82, 2.24) is 0 Å². The first-order valence-corrected chi connectivity index (χ1v) is 9.65. The van der Waals surface area contributed by atoms with Crippen molar-refractivity contribution < 1.29 is 23.8 Å². The van der Waals surface area contributed by atoms with E-state index in [-0.39, 0.29) is 17.7 Å². The molecule has 0 saturated carbocycles. The third kappa shape index (κ3) is 4.94. The van der Waals surface area contributed by atoms with Crippen LogP contribution in [0.25, 0.3) is 0 Å². The topological polar surface area (TPSA) is 66.8 Å². The molecule has 6 heteroatoms. The second-order valence-corrected chi connectivity index (χ2v) is 8.38. The Morgan fingerprint density at radius 2 is 1.90 bits per heavy atom. The van der Waals surface area contributed by atoms with Gasteiger partial charge in [-0.15, -0.1) is 0 Å². The van der Waals surface area contributed by atoms with Crippen molar-refractivity contribution >= 4 is 17.6 Å². The van der Waals surface area contributed by atoms with E-state index in [1.807, 2.05) is 30.3 Å². The lowest BCUT2D eigenvalue weighted by Gasteiger charge is -2.27. The minimum absolute atomic E-state index is 0.00797. The molecule has 5 nitrogen and oxygen atoms in total. The van der Waals surface area contributed by atoms with E-state index in [1.165, 1.54) is 0 Å². The molecule has 0 bridgehead atoms. The number of hydrogen-bond donors (Lipinski definition) is 1. The van der Waals surface area contributed by atoms with Crippen LogP contribution in [0.2, 0.25) is 0 Å². The van der Waals surface area contributed by atoms with Gasteiger partial charge in [-0.25, -0.2) is 9.18 Å². The summed E-state index contributed by atoms with van der Waals surface area (Å²) in [5.41, 5.74) is 2.61. The van der Waals surface area contributed by atoms with Crippen LogP contribution in [0, 0.1) is 0 Å². The summed E-state index contributed by atoms with van der Waals surface area (Å²) in [5.74, 6) is -0.888. The van der Waals surface area contributed by atoms with Gasteiger partial charge in [0.2, 0.25) is 5.91 Å². The minimum atomic E-state index is -1.27. The molecule has 2 atom stereocenters. The number of anilines is 1. The molecule has 2 unspecified atom stereocenters. The Labute approximate surface area is 170 Å². The summed E-state index contributed by atoms with van der Waals surface area (Å²) in [6.45, 7) is 5.90. The Kier molecular flexibility index (Phi) is 5.91. The molecule has 154 valence electrons. The molecule has 1 fully saturated rings. The molecule has 1 N–H and O–H groups in total. The molecule has 2 aromatic rings. The first-order chi connectivity index (χ1) is 13.6. The average Bonchev–Trinajstić information content (AvgIpc) is 2.93. The summed E-state index contributed by atoms with van der Waals surface area (Å²) in [5, 5.41) is 8.75. The van der Waals surface area contributed by atoms with Crippen LogP contribution in [0.5, 0.6) is 5.75 Å². The van der Waals surface area contributed by atoms with Gasteiger partial charge in [0, 0.05) is 5.69 Å². The predicted molar refractivity (Wildman–Crippen MR) is 109 cm³/mol. The third-order valence-corrected chi connectivity index (χ3v) is 5.10. The van der Waals surface area contributed by atoms with E-state index in [0.29, 0.717) is 17.9 Å². The number of ether oxygens (including phenoxy) is 1. The highest BCUT2D eigenvalue weighted by Gasteiger charge is 2.41. The van der Waals surface area contributed by atoms with Crippen LogP contribution in [0.4, 0.5) is 10.1 Å². The molecular weight excluding hydrogens is 373 g/mol. The summed E-state index contributed by atoms with van der Waals surface area (Å²) in [6.07, 6.45) is -1.09. The van der Waals surface area contributed by atoms with E-state index in [2.05, 4.69) is 20.8 Å². The van der Waals surface area contributed by atoms with Crippen LogP contribution in [0.1, 0.15) is 38.3 Å². The van der Waals surface area contributed by atoms with Crippen molar-refractivity contribution in [3.63, 3.8) is 0 Å². The van der Waals surface area contributed by atoms with Crippen molar-refractivity contribution in [2.75, 3.05) is 11.5 Å². The van der Waals surface area contributed by atoms with Gasteiger partial charge in [-0.1, -0.05) is 45.0 Å². The van der Waals surface area contributed by atoms with Crippen molar-refractivity contribution in [2.45, 2.75) is 51.2 Å². The molecule has 1 aliphatic heterocycles. The van der Waals surface area contributed by atoms with Gasteiger partial charge in [-0.05, 0) is 47.2 Å². The SMILES string of the molecule is CC(C)(C)c1ccc(N2C(=O)CC(F)C2Cc2cccc(OCC(=O)O)c2)cc1. The van der Waals surface area contributed by atoms with E-state index < -0.39 is 24.8 Å². The number of amides is 1. The monoisotopic (exact) mass is 399 g/mol. The maximum Gasteiger partial charge on any atom is 0.341 e. The quantitative estimate of drug-likeness (QED) is 0.793. The summed E-state index contributed by atoms with van der Waals surface area (Å²) < 4.78 is 19.9. The number of carboxylic acids is 1. The van der Waals surface area contributed by atoms with E-state index in [9.17, 15) is 14.0 Å². The summed E-state index contributed by atoms with van der Waals surface area (Å²) in [7, 11) is 0. The highest BCUT2D eigenvalue weighted by molar-refractivity contribution is 5.97. The second-order valence-electron chi connectivity index (χ2n) is 8.38. The number of carbonyl (C=O) groups is 2. The Morgan fingerprint density at radius 1 is 1.21 bits per heavy atom. The van der Waals surface area contributed by atoms with Crippen LogP contribution in [-0.4, -0.2) is 35.8 Å². The van der Waals surface area contributed by atoms with Gasteiger partial charge in [-0.2, -0.15) is 0 Å². The van der Waals surface area contributed by atoms with Crippen LogP contribution in [0.15, 0.2) is 48.5 Å². The number of aliphatic carboxylic acids is 1.